The Kier molecular flexibility index (Phi) is 14.8. The van der Waals surface area contributed by atoms with Crippen molar-refractivity contribution in [1.82, 2.24) is 0 Å². The van der Waals surface area contributed by atoms with E-state index in [2.05, 4.69) is 36.4 Å². The Bertz CT molecular complexity index is 550. The van der Waals surface area contributed by atoms with Gasteiger partial charge in [-0.05, 0) is 28.8 Å². The molecule has 0 aliphatic heterocycles. The minimum atomic E-state index is 0.738. The van der Waals surface area contributed by atoms with Crippen LogP contribution in [0, 0.1) is 0 Å². The summed E-state index contributed by atoms with van der Waals surface area (Å²) in [5.74, 6) is 0. The van der Waals surface area contributed by atoms with E-state index in [4.69, 9.17) is 9.90 Å². The summed E-state index contributed by atoms with van der Waals surface area (Å²) in [4.78, 5) is 18.6. The van der Waals surface area contributed by atoms with E-state index in [1.165, 1.54) is 17.2 Å². The fourth-order valence-corrected chi connectivity index (χ4v) is 1.61. The van der Waals surface area contributed by atoms with E-state index in [1.807, 2.05) is 25.0 Å². The molecule has 4 nitrogen and oxygen atoms in total. The molecule has 0 spiro atoms. The van der Waals surface area contributed by atoms with Gasteiger partial charge in [0.25, 0.3) is 0 Å². The predicted octanol–water partition coefficient (Wildman–Crippen LogP) is 3.41. The smallest absolute Gasteiger partial charge is 0.150 e. The molecule has 4 heteroatoms. The molecule has 0 atom stereocenters. The zero-order valence-corrected chi connectivity index (χ0v) is 13.4. The molecule has 0 saturated heterocycles. The van der Waals surface area contributed by atoms with Crippen LogP contribution in [-0.2, 0) is 16.0 Å². The first kappa shape index (κ1) is 21.8. The van der Waals surface area contributed by atoms with Gasteiger partial charge in [0, 0.05) is 12.7 Å². The molecule has 120 valence electrons. The quantitative estimate of drug-likeness (QED) is 0.697. The third kappa shape index (κ3) is 7.97. The van der Waals surface area contributed by atoms with Crippen molar-refractivity contribution in [2.75, 3.05) is 14.2 Å². The molecule has 0 aliphatic carbocycles. The topological polar surface area (TPSA) is 63.6 Å². The Hall–Kier alpha value is -2.46. The highest BCUT2D eigenvalue weighted by molar-refractivity contribution is 5.89. The van der Waals surface area contributed by atoms with Crippen LogP contribution < -0.4 is 0 Å². The van der Waals surface area contributed by atoms with Crippen molar-refractivity contribution in [1.29, 1.82) is 0 Å². The van der Waals surface area contributed by atoms with Crippen LogP contribution >= 0.6 is 0 Å². The van der Waals surface area contributed by atoms with Crippen molar-refractivity contribution in [3.05, 3.63) is 60.4 Å². The van der Waals surface area contributed by atoms with Crippen molar-refractivity contribution < 1.29 is 19.4 Å². The van der Waals surface area contributed by atoms with Crippen molar-refractivity contribution >= 4 is 23.8 Å². The van der Waals surface area contributed by atoms with Crippen LogP contribution in [0.5, 0.6) is 0 Å². The lowest BCUT2D eigenvalue weighted by Gasteiger charge is -2.01. The van der Waals surface area contributed by atoms with E-state index in [-0.39, 0.29) is 0 Å². The van der Waals surface area contributed by atoms with E-state index in [0.29, 0.717) is 0 Å². The Balaban J connectivity index is 0. The molecule has 0 amide bonds. The van der Waals surface area contributed by atoms with Gasteiger partial charge in [0.05, 0.1) is 13.4 Å². The number of aldehydes is 1. The molecule has 0 fully saturated rings. The number of fused-ring (bicyclic) bond motifs is 1. The summed E-state index contributed by atoms with van der Waals surface area (Å²) in [5, 5.41) is 9.33. The third-order valence-corrected chi connectivity index (χ3v) is 2.64. The van der Waals surface area contributed by atoms with Gasteiger partial charge in [-0.3, -0.25) is 4.79 Å². The van der Waals surface area contributed by atoms with Crippen molar-refractivity contribution in [3.63, 3.8) is 0 Å². The van der Waals surface area contributed by atoms with Gasteiger partial charge in [-0.1, -0.05) is 43.8 Å². The minimum absolute atomic E-state index is 0.738. The van der Waals surface area contributed by atoms with Gasteiger partial charge in [-0.2, -0.15) is 0 Å². The Morgan fingerprint density at radius 3 is 2.05 bits per heavy atom. The number of carbonyl (C=O) groups is 2. The van der Waals surface area contributed by atoms with Gasteiger partial charge in [0.15, 0.2) is 0 Å². The molecule has 22 heavy (non-hydrogen) atoms. The van der Waals surface area contributed by atoms with Crippen LogP contribution in [-0.4, -0.2) is 32.4 Å². The first-order valence-electron chi connectivity index (χ1n) is 6.60. The maximum Gasteiger partial charge on any atom is 0.150 e. The molecule has 0 aliphatic rings. The van der Waals surface area contributed by atoms with Crippen LogP contribution in [0.25, 0.3) is 10.8 Å². The molecule has 0 aromatic heterocycles. The van der Waals surface area contributed by atoms with E-state index in [0.717, 1.165) is 30.8 Å². The van der Waals surface area contributed by atoms with Crippen LogP contribution in [0.3, 0.4) is 0 Å². The number of aryl methyl sites for hydroxylation is 1. The summed E-state index contributed by atoms with van der Waals surface area (Å²) in [6, 6.07) is 12.1. The maximum absolute atomic E-state index is 10.6. The zero-order chi connectivity index (χ0) is 17.4. The van der Waals surface area contributed by atoms with Gasteiger partial charge >= 0.3 is 0 Å². The highest BCUT2D eigenvalue weighted by Gasteiger charge is 1.96. The van der Waals surface area contributed by atoms with Gasteiger partial charge in [-0.25, -0.2) is 0 Å². The molecule has 0 radical (unpaired) electrons. The number of hydrogen-bond acceptors (Lipinski definition) is 4. The Morgan fingerprint density at radius 2 is 1.59 bits per heavy atom. The minimum Gasteiger partial charge on any atom is -0.505 e. The fraction of sp³-hybridized carbons (Fsp3) is 0.222. The van der Waals surface area contributed by atoms with E-state index >= 15 is 0 Å². The lowest BCUT2D eigenvalue weighted by atomic mass is 10.0. The monoisotopic (exact) mass is 304 g/mol. The molecule has 2 rings (SSSR count). The predicted molar refractivity (Wildman–Crippen MR) is 91.2 cm³/mol. The zero-order valence-electron chi connectivity index (χ0n) is 13.4. The second kappa shape index (κ2) is 14.9. The summed E-state index contributed by atoms with van der Waals surface area (Å²) in [7, 11) is 2.56. The number of methoxy groups -OCH3 is 1. The number of carbonyl (C=O) groups excluding carboxylic acids is 2. The number of aliphatic hydroxyl groups excluding tert-OH is 1. The molecule has 0 unspecified atom stereocenters. The lowest BCUT2D eigenvalue weighted by Crippen LogP contribution is -1.83. The molecular weight excluding hydrogens is 280 g/mol. The standard InChI is InChI=1S/C13H12O.C3H6O.CH4O.CH2O/c1-2-10-3-5-13-8-11(9-14)4-6-12(13)7-10;1-3-4-2;2*1-2/h3-9H,2H2,1H3;3H,1H2,2H3;2H,1H3;1H2. The summed E-state index contributed by atoms with van der Waals surface area (Å²) >= 11 is 0. The maximum atomic E-state index is 10.6. The number of hydrogen-bond donors (Lipinski definition) is 1. The first-order chi connectivity index (χ1) is 10.7. The molecule has 2 aromatic rings. The summed E-state index contributed by atoms with van der Waals surface area (Å²) in [5.41, 5.74) is 2.07. The number of aliphatic hydroxyl groups is 1. The van der Waals surface area contributed by atoms with Gasteiger partial charge in [-0.15, -0.1) is 0 Å². The van der Waals surface area contributed by atoms with Crippen molar-refractivity contribution in [2.45, 2.75) is 13.3 Å². The molecule has 0 bridgehead atoms. The highest BCUT2D eigenvalue weighted by Crippen LogP contribution is 2.17. The second-order valence-electron chi connectivity index (χ2n) is 3.81. The van der Waals surface area contributed by atoms with Crippen molar-refractivity contribution in [2.24, 2.45) is 0 Å². The number of rotatable bonds is 3. The summed E-state index contributed by atoms with van der Waals surface area (Å²) in [6.45, 7) is 7.40. The molecule has 0 saturated carbocycles. The first-order valence-corrected chi connectivity index (χ1v) is 6.60. The SMILES string of the molecule is C=COC.C=O.CCc1ccc2cc(C=O)ccc2c1.CO. The second-order valence-corrected chi connectivity index (χ2v) is 3.81. The Morgan fingerprint density at radius 1 is 1.09 bits per heavy atom. The molecule has 1 N–H and O–H groups in total. The summed E-state index contributed by atoms with van der Waals surface area (Å²) in [6.07, 6.45) is 3.30. The molecule has 0 heterocycles. The van der Waals surface area contributed by atoms with Gasteiger partial charge < -0.3 is 14.6 Å². The fourth-order valence-electron chi connectivity index (χ4n) is 1.61. The lowest BCUT2D eigenvalue weighted by molar-refractivity contribution is -0.0980. The van der Waals surface area contributed by atoms with Crippen LogP contribution in [0.2, 0.25) is 0 Å². The summed E-state index contributed by atoms with van der Waals surface area (Å²) < 4.78 is 4.31. The van der Waals surface area contributed by atoms with E-state index in [9.17, 15) is 4.79 Å². The van der Waals surface area contributed by atoms with Crippen LogP contribution in [0.1, 0.15) is 22.8 Å². The normalized spacial score (nSPS) is 8.00. The van der Waals surface area contributed by atoms with E-state index in [1.54, 1.807) is 7.11 Å². The third-order valence-electron chi connectivity index (χ3n) is 2.64. The highest BCUT2D eigenvalue weighted by atomic mass is 16.5. The largest absolute Gasteiger partial charge is 0.505 e. The van der Waals surface area contributed by atoms with Crippen molar-refractivity contribution in [3.8, 4) is 0 Å². The number of benzene rings is 2. The number of ether oxygens (including phenoxy) is 1. The van der Waals surface area contributed by atoms with E-state index < -0.39 is 0 Å². The molecular formula is C18H24O4. The average molecular weight is 304 g/mol. The van der Waals surface area contributed by atoms with Crippen LogP contribution in [0.4, 0.5) is 0 Å². The van der Waals surface area contributed by atoms with Crippen LogP contribution in [0.15, 0.2) is 49.2 Å². The molecule has 2 aromatic carbocycles. The Labute approximate surface area is 132 Å². The van der Waals surface area contributed by atoms with Gasteiger partial charge in [0.2, 0.25) is 0 Å². The average Bonchev–Trinajstić information content (AvgIpc) is 2.64. The van der Waals surface area contributed by atoms with Gasteiger partial charge in [0.1, 0.15) is 13.1 Å².